The zero-order valence-electron chi connectivity index (χ0n) is 10.4. The monoisotopic (exact) mass is 248 g/mol. The minimum absolute atomic E-state index is 0.163. The number of methoxy groups -OCH3 is 1. The average Bonchev–Trinajstić information content (AvgIpc) is 2.86. The van der Waals surface area contributed by atoms with Gasteiger partial charge in [0.25, 0.3) is 5.56 Å². The number of nitrogens with zero attached hydrogens (tertiary/aromatic N) is 4. The predicted molar refractivity (Wildman–Crippen MR) is 66.4 cm³/mol. The molecule has 1 unspecified atom stereocenters. The molecule has 1 atom stereocenters. The standard InChI is InChI=1S/C12H16N4O2/c1-18-11-3-6-15(9-11)10-7-12(17)16(14-8-10)5-2-4-13/h7-8,11H,2-3,5-6,9H2,1H3. The Morgan fingerprint density at radius 3 is 3.11 bits per heavy atom. The van der Waals surface area contributed by atoms with Crippen LogP contribution in [0.2, 0.25) is 0 Å². The maximum Gasteiger partial charge on any atom is 0.268 e. The van der Waals surface area contributed by atoms with Crippen LogP contribution in [0.25, 0.3) is 0 Å². The SMILES string of the molecule is COC1CCN(c2cnn(CCC#N)c(=O)c2)C1. The molecule has 0 amide bonds. The molecule has 0 aromatic carbocycles. The van der Waals surface area contributed by atoms with Crippen LogP contribution >= 0.6 is 0 Å². The van der Waals surface area contributed by atoms with Crippen molar-refractivity contribution in [2.45, 2.75) is 25.5 Å². The van der Waals surface area contributed by atoms with Crippen molar-refractivity contribution in [1.82, 2.24) is 9.78 Å². The predicted octanol–water partition coefficient (Wildman–Crippen LogP) is 0.382. The van der Waals surface area contributed by atoms with Crippen LogP contribution in [0.5, 0.6) is 0 Å². The summed E-state index contributed by atoms with van der Waals surface area (Å²) in [7, 11) is 1.70. The summed E-state index contributed by atoms with van der Waals surface area (Å²) >= 11 is 0. The number of aryl methyl sites for hydroxylation is 1. The lowest BCUT2D eigenvalue weighted by molar-refractivity contribution is 0.121. The molecule has 6 heteroatoms. The number of aromatic nitrogens is 2. The van der Waals surface area contributed by atoms with Crippen molar-refractivity contribution in [3.63, 3.8) is 0 Å². The van der Waals surface area contributed by atoms with Gasteiger partial charge < -0.3 is 9.64 Å². The van der Waals surface area contributed by atoms with Gasteiger partial charge in [-0.25, -0.2) is 4.68 Å². The number of anilines is 1. The molecule has 1 aromatic rings. The van der Waals surface area contributed by atoms with Crippen LogP contribution in [0.15, 0.2) is 17.1 Å². The van der Waals surface area contributed by atoms with Crippen molar-refractivity contribution in [3.05, 3.63) is 22.6 Å². The fraction of sp³-hybridized carbons (Fsp3) is 0.583. The number of hydrogen-bond acceptors (Lipinski definition) is 5. The molecule has 1 aromatic heterocycles. The molecular formula is C12H16N4O2. The molecular weight excluding hydrogens is 232 g/mol. The van der Waals surface area contributed by atoms with Crippen molar-refractivity contribution >= 4 is 5.69 Å². The Hall–Kier alpha value is -1.87. The molecule has 18 heavy (non-hydrogen) atoms. The molecule has 1 aliphatic rings. The fourth-order valence-corrected chi connectivity index (χ4v) is 2.08. The third kappa shape index (κ3) is 2.68. The van der Waals surface area contributed by atoms with Gasteiger partial charge in [0.1, 0.15) is 0 Å². The molecule has 96 valence electrons. The first kappa shape index (κ1) is 12.6. The number of nitriles is 1. The lowest BCUT2D eigenvalue weighted by Gasteiger charge is -2.17. The second-order valence-electron chi connectivity index (χ2n) is 4.28. The van der Waals surface area contributed by atoms with E-state index in [4.69, 9.17) is 10.00 Å². The van der Waals surface area contributed by atoms with Crippen LogP contribution in [0, 0.1) is 11.3 Å². The normalized spacial score (nSPS) is 18.9. The average molecular weight is 248 g/mol. The molecule has 0 spiro atoms. The quantitative estimate of drug-likeness (QED) is 0.770. The minimum atomic E-state index is -0.163. The van der Waals surface area contributed by atoms with Crippen LogP contribution in [-0.2, 0) is 11.3 Å². The number of hydrogen-bond donors (Lipinski definition) is 0. The molecule has 1 saturated heterocycles. The lowest BCUT2D eigenvalue weighted by atomic mass is 10.3. The highest BCUT2D eigenvalue weighted by atomic mass is 16.5. The summed E-state index contributed by atoms with van der Waals surface area (Å²) in [5, 5.41) is 12.6. The summed E-state index contributed by atoms with van der Waals surface area (Å²) in [4.78, 5) is 13.9. The molecule has 6 nitrogen and oxygen atoms in total. The maximum absolute atomic E-state index is 11.8. The van der Waals surface area contributed by atoms with Gasteiger partial charge in [0.15, 0.2) is 0 Å². The number of ether oxygens (including phenoxy) is 1. The topological polar surface area (TPSA) is 71.2 Å². The summed E-state index contributed by atoms with van der Waals surface area (Å²) in [5.41, 5.74) is 0.663. The van der Waals surface area contributed by atoms with Crippen molar-refractivity contribution in [2.24, 2.45) is 0 Å². The first-order chi connectivity index (χ1) is 8.74. The second kappa shape index (κ2) is 5.65. The Morgan fingerprint density at radius 1 is 1.67 bits per heavy atom. The van der Waals surface area contributed by atoms with Gasteiger partial charge in [-0.15, -0.1) is 0 Å². The van der Waals surface area contributed by atoms with E-state index in [9.17, 15) is 4.79 Å². The van der Waals surface area contributed by atoms with E-state index in [1.54, 1.807) is 19.4 Å². The molecule has 0 radical (unpaired) electrons. The molecule has 2 heterocycles. The molecule has 0 N–H and O–H groups in total. The van der Waals surface area contributed by atoms with Crippen molar-refractivity contribution in [3.8, 4) is 6.07 Å². The van der Waals surface area contributed by atoms with E-state index in [-0.39, 0.29) is 11.7 Å². The molecule has 1 aliphatic heterocycles. The summed E-state index contributed by atoms with van der Waals surface area (Å²) in [5.74, 6) is 0. The van der Waals surface area contributed by atoms with E-state index in [1.807, 2.05) is 6.07 Å². The molecule has 0 saturated carbocycles. The van der Waals surface area contributed by atoms with E-state index >= 15 is 0 Å². The summed E-state index contributed by atoms with van der Waals surface area (Å²) < 4.78 is 6.60. The zero-order chi connectivity index (χ0) is 13.0. The highest BCUT2D eigenvalue weighted by Crippen LogP contribution is 2.19. The van der Waals surface area contributed by atoms with E-state index in [2.05, 4.69) is 10.00 Å². The smallest absolute Gasteiger partial charge is 0.268 e. The van der Waals surface area contributed by atoms with Crippen molar-refractivity contribution < 1.29 is 4.74 Å². The highest BCUT2D eigenvalue weighted by molar-refractivity contribution is 5.44. The second-order valence-corrected chi connectivity index (χ2v) is 4.28. The first-order valence-corrected chi connectivity index (χ1v) is 5.96. The minimum Gasteiger partial charge on any atom is -0.380 e. The fourth-order valence-electron chi connectivity index (χ4n) is 2.08. The van der Waals surface area contributed by atoms with E-state index in [1.165, 1.54) is 4.68 Å². The van der Waals surface area contributed by atoms with E-state index in [0.29, 0.717) is 13.0 Å². The summed E-state index contributed by atoms with van der Waals surface area (Å²) in [6.45, 7) is 2.01. The lowest BCUT2D eigenvalue weighted by Crippen LogP contribution is -2.27. The molecule has 0 bridgehead atoms. The van der Waals surface area contributed by atoms with Crippen LogP contribution in [0.4, 0.5) is 5.69 Å². The van der Waals surface area contributed by atoms with Gasteiger partial charge in [-0.1, -0.05) is 0 Å². The van der Waals surface area contributed by atoms with Crippen molar-refractivity contribution in [1.29, 1.82) is 5.26 Å². The molecule has 2 rings (SSSR count). The summed E-state index contributed by atoms with van der Waals surface area (Å²) in [6.07, 6.45) is 3.16. The van der Waals surface area contributed by atoms with Gasteiger partial charge in [-0.05, 0) is 6.42 Å². The Morgan fingerprint density at radius 2 is 2.50 bits per heavy atom. The summed E-state index contributed by atoms with van der Waals surface area (Å²) in [6, 6.07) is 3.57. The first-order valence-electron chi connectivity index (χ1n) is 5.96. The van der Waals surface area contributed by atoms with Gasteiger partial charge in [-0.2, -0.15) is 10.4 Å². The number of rotatable bonds is 4. The zero-order valence-corrected chi connectivity index (χ0v) is 10.4. The molecule has 1 fully saturated rings. The Bertz CT molecular complexity index is 506. The van der Waals surface area contributed by atoms with Gasteiger partial charge in [-0.3, -0.25) is 4.79 Å². The highest BCUT2D eigenvalue weighted by Gasteiger charge is 2.22. The maximum atomic E-state index is 11.8. The Kier molecular flexibility index (Phi) is 3.95. The largest absolute Gasteiger partial charge is 0.380 e. The van der Waals surface area contributed by atoms with Gasteiger partial charge in [0.2, 0.25) is 0 Å². The van der Waals surface area contributed by atoms with Crippen LogP contribution < -0.4 is 10.5 Å². The Balaban J connectivity index is 2.10. The van der Waals surface area contributed by atoms with E-state index < -0.39 is 0 Å². The van der Waals surface area contributed by atoms with Crippen LogP contribution in [-0.4, -0.2) is 36.1 Å². The van der Waals surface area contributed by atoms with Crippen molar-refractivity contribution in [2.75, 3.05) is 25.1 Å². The van der Waals surface area contributed by atoms with Gasteiger partial charge >= 0.3 is 0 Å². The third-order valence-electron chi connectivity index (χ3n) is 3.13. The Labute approximate surface area is 105 Å². The molecule has 0 aliphatic carbocycles. The van der Waals surface area contributed by atoms with Gasteiger partial charge in [0, 0.05) is 26.3 Å². The third-order valence-corrected chi connectivity index (χ3v) is 3.13. The van der Waals surface area contributed by atoms with Crippen LogP contribution in [0.1, 0.15) is 12.8 Å². The van der Waals surface area contributed by atoms with Crippen LogP contribution in [0.3, 0.4) is 0 Å². The van der Waals surface area contributed by atoms with Gasteiger partial charge in [0.05, 0.1) is 37.0 Å². The van der Waals surface area contributed by atoms with E-state index in [0.717, 1.165) is 25.2 Å².